The third-order valence-electron chi connectivity index (χ3n) is 3.63. The molecule has 0 atom stereocenters. The molecule has 2 aromatic carbocycles. The lowest BCUT2D eigenvalue weighted by Gasteiger charge is -2.08. The first-order chi connectivity index (χ1) is 11.6. The van der Waals surface area contributed by atoms with E-state index in [2.05, 4.69) is 4.98 Å². The maximum atomic E-state index is 9.61. The number of methoxy groups -OCH3 is 2. The van der Waals surface area contributed by atoms with Gasteiger partial charge in [0.1, 0.15) is 0 Å². The lowest BCUT2D eigenvalue weighted by atomic mass is 10.1. The molecule has 0 fully saturated rings. The van der Waals surface area contributed by atoms with Gasteiger partial charge in [-0.3, -0.25) is 0 Å². The van der Waals surface area contributed by atoms with Gasteiger partial charge < -0.3 is 19.7 Å². The topological polar surface area (TPSA) is 71.8 Å². The van der Waals surface area contributed by atoms with E-state index < -0.39 is 0 Å². The van der Waals surface area contributed by atoms with Gasteiger partial charge in [-0.2, -0.15) is 0 Å². The minimum atomic E-state index is -0.151. The van der Waals surface area contributed by atoms with Crippen LogP contribution in [0.3, 0.4) is 0 Å². The lowest BCUT2D eigenvalue weighted by Crippen LogP contribution is -1.93. The molecule has 0 bridgehead atoms. The highest BCUT2D eigenvalue weighted by Crippen LogP contribution is 2.32. The molecule has 0 aliphatic carbocycles. The number of phenolic OH excluding ortho intramolecular Hbond substituents is 2. The van der Waals surface area contributed by atoms with Crippen LogP contribution >= 0.6 is 11.3 Å². The van der Waals surface area contributed by atoms with Crippen LogP contribution in [0, 0.1) is 0 Å². The highest BCUT2D eigenvalue weighted by molar-refractivity contribution is 7.10. The van der Waals surface area contributed by atoms with Gasteiger partial charge in [0.25, 0.3) is 0 Å². The predicted molar refractivity (Wildman–Crippen MR) is 93.2 cm³/mol. The molecule has 0 radical (unpaired) electrons. The van der Waals surface area contributed by atoms with E-state index in [0.717, 1.165) is 21.8 Å². The van der Waals surface area contributed by atoms with Crippen molar-refractivity contribution in [3.8, 4) is 34.3 Å². The zero-order valence-electron chi connectivity index (χ0n) is 13.3. The molecule has 2 N–H and O–H groups in total. The first-order valence-electron chi connectivity index (χ1n) is 7.28. The molecule has 5 nitrogen and oxygen atoms in total. The van der Waals surface area contributed by atoms with Crippen LogP contribution in [0.5, 0.6) is 23.0 Å². The number of hydrogen-bond donors (Lipinski definition) is 2. The first-order valence-corrected chi connectivity index (χ1v) is 8.16. The molecule has 0 aliphatic rings. The van der Waals surface area contributed by atoms with Gasteiger partial charge in [-0.15, -0.1) is 11.3 Å². The summed E-state index contributed by atoms with van der Waals surface area (Å²) in [5, 5.41) is 21.9. The van der Waals surface area contributed by atoms with Crippen LogP contribution in [0.1, 0.15) is 10.6 Å². The Morgan fingerprint density at radius 3 is 2.46 bits per heavy atom. The van der Waals surface area contributed by atoms with E-state index in [1.807, 2.05) is 23.6 Å². The Bertz CT molecular complexity index is 860. The molecule has 3 aromatic rings. The quantitative estimate of drug-likeness (QED) is 0.689. The van der Waals surface area contributed by atoms with E-state index in [0.29, 0.717) is 17.9 Å². The van der Waals surface area contributed by atoms with Crippen LogP contribution < -0.4 is 9.47 Å². The minimum Gasteiger partial charge on any atom is -0.504 e. The molecule has 0 unspecified atom stereocenters. The van der Waals surface area contributed by atoms with E-state index in [1.54, 1.807) is 31.6 Å². The number of ether oxygens (including phenoxy) is 2. The van der Waals surface area contributed by atoms with Crippen molar-refractivity contribution < 1.29 is 19.7 Å². The maximum Gasteiger partial charge on any atom is 0.160 e. The zero-order valence-corrected chi connectivity index (χ0v) is 14.1. The molecule has 0 amide bonds. The van der Waals surface area contributed by atoms with Crippen molar-refractivity contribution >= 4 is 11.3 Å². The molecular formula is C18H17NO4S. The third-order valence-corrected chi connectivity index (χ3v) is 4.48. The number of aromatic nitrogens is 1. The van der Waals surface area contributed by atoms with Crippen molar-refractivity contribution in [3.05, 3.63) is 52.3 Å². The average Bonchev–Trinajstić information content (AvgIpc) is 3.05. The van der Waals surface area contributed by atoms with Gasteiger partial charge in [-0.25, -0.2) is 4.98 Å². The summed E-state index contributed by atoms with van der Waals surface area (Å²) in [6, 6.07) is 10.5. The Morgan fingerprint density at radius 1 is 0.958 bits per heavy atom. The van der Waals surface area contributed by atoms with Gasteiger partial charge >= 0.3 is 0 Å². The highest BCUT2D eigenvalue weighted by Gasteiger charge is 2.10. The summed E-state index contributed by atoms with van der Waals surface area (Å²) in [5.41, 5.74) is 2.60. The van der Waals surface area contributed by atoms with Gasteiger partial charge in [-0.05, 0) is 35.9 Å². The minimum absolute atomic E-state index is 0.139. The SMILES string of the molecule is COc1ccc(Cc2nc(-c3ccc(O)c(O)c3)cs2)cc1OC. The molecule has 1 heterocycles. The van der Waals surface area contributed by atoms with Crippen LogP contribution in [-0.2, 0) is 6.42 Å². The van der Waals surface area contributed by atoms with Crippen molar-refractivity contribution in [2.75, 3.05) is 14.2 Å². The fourth-order valence-corrected chi connectivity index (χ4v) is 3.21. The number of hydrogen-bond acceptors (Lipinski definition) is 6. The fraction of sp³-hybridized carbons (Fsp3) is 0.167. The summed E-state index contributed by atoms with van der Waals surface area (Å²) in [6.45, 7) is 0. The number of phenols is 2. The van der Waals surface area contributed by atoms with Crippen molar-refractivity contribution in [1.82, 2.24) is 4.98 Å². The molecule has 0 aliphatic heterocycles. The summed E-state index contributed by atoms with van der Waals surface area (Å²) >= 11 is 1.55. The van der Waals surface area contributed by atoms with E-state index in [1.165, 1.54) is 12.1 Å². The van der Waals surface area contributed by atoms with Crippen LogP contribution in [0.4, 0.5) is 0 Å². The van der Waals surface area contributed by atoms with Gasteiger partial charge in [0.15, 0.2) is 23.0 Å². The number of thiazole rings is 1. The summed E-state index contributed by atoms with van der Waals surface area (Å²) < 4.78 is 10.6. The molecule has 1 aromatic heterocycles. The maximum absolute atomic E-state index is 9.61. The first kappa shape index (κ1) is 16.1. The number of nitrogens with zero attached hydrogens (tertiary/aromatic N) is 1. The molecule has 0 saturated carbocycles. The Labute approximate surface area is 143 Å². The summed E-state index contributed by atoms with van der Waals surface area (Å²) in [7, 11) is 3.22. The third kappa shape index (κ3) is 3.28. The Hall–Kier alpha value is -2.73. The van der Waals surface area contributed by atoms with E-state index in [-0.39, 0.29) is 11.5 Å². The smallest absolute Gasteiger partial charge is 0.160 e. The summed E-state index contributed by atoms with van der Waals surface area (Å²) in [6.07, 6.45) is 0.676. The van der Waals surface area contributed by atoms with Crippen LogP contribution in [0.2, 0.25) is 0 Å². The Kier molecular flexibility index (Phi) is 4.57. The normalized spacial score (nSPS) is 10.6. The molecule has 24 heavy (non-hydrogen) atoms. The predicted octanol–water partition coefficient (Wildman–Crippen LogP) is 3.83. The van der Waals surface area contributed by atoms with E-state index in [4.69, 9.17) is 9.47 Å². The zero-order chi connectivity index (χ0) is 17.1. The number of aromatic hydroxyl groups is 2. The molecular weight excluding hydrogens is 326 g/mol. The summed E-state index contributed by atoms with van der Waals surface area (Å²) in [5.74, 6) is 1.09. The van der Waals surface area contributed by atoms with Crippen LogP contribution in [0.25, 0.3) is 11.3 Å². The largest absolute Gasteiger partial charge is 0.504 e. The van der Waals surface area contributed by atoms with Crippen molar-refractivity contribution in [1.29, 1.82) is 0 Å². The van der Waals surface area contributed by atoms with Crippen molar-refractivity contribution in [2.45, 2.75) is 6.42 Å². The second kappa shape index (κ2) is 6.80. The van der Waals surface area contributed by atoms with E-state index in [9.17, 15) is 10.2 Å². The van der Waals surface area contributed by atoms with Gasteiger partial charge in [0.05, 0.1) is 24.9 Å². The molecule has 3 rings (SSSR count). The highest BCUT2D eigenvalue weighted by atomic mass is 32.1. The number of rotatable bonds is 5. The summed E-state index contributed by atoms with van der Waals surface area (Å²) in [4.78, 5) is 4.60. The fourth-order valence-electron chi connectivity index (χ4n) is 2.37. The van der Waals surface area contributed by atoms with Crippen LogP contribution in [-0.4, -0.2) is 29.4 Å². The standard InChI is InChI=1S/C18H17NO4S/c1-22-16-6-3-11(7-17(16)23-2)8-18-19-13(10-24-18)12-4-5-14(20)15(21)9-12/h3-7,9-10,20-21H,8H2,1-2H3. The molecule has 6 heteroatoms. The van der Waals surface area contributed by atoms with E-state index >= 15 is 0 Å². The van der Waals surface area contributed by atoms with Gasteiger partial charge in [0, 0.05) is 17.4 Å². The number of benzene rings is 2. The molecule has 0 saturated heterocycles. The van der Waals surface area contributed by atoms with Crippen molar-refractivity contribution in [2.24, 2.45) is 0 Å². The Morgan fingerprint density at radius 2 is 1.75 bits per heavy atom. The molecule has 0 spiro atoms. The average molecular weight is 343 g/mol. The van der Waals surface area contributed by atoms with Crippen LogP contribution in [0.15, 0.2) is 41.8 Å². The van der Waals surface area contributed by atoms with Gasteiger partial charge in [-0.1, -0.05) is 6.07 Å². The monoisotopic (exact) mass is 343 g/mol. The second-order valence-electron chi connectivity index (χ2n) is 5.20. The van der Waals surface area contributed by atoms with Gasteiger partial charge in [0.2, 0.25) is 0 Å². The molecule has 124 valence electrons. The van der Waals surface area contributed by atoms with Crippen molar-refractivity contribution in [3.63, 3.8) is 0 Å². The Balaban J connectivity index is 1.82. The lowest BCUT2D eigenvalue weighted by molar-refractivity contribution is 0.354. The second-order valence-corrected chi connectivity index (χ2v) is 6.14.